The molecule has 1 aliphatic heterocycles. The molecule has 0 aliphatic carbocycles. The van der Waals surface area contributed by atoms with Crippen LogP contribution in [0.3, 0.4) is 0 Å². The van der Waals surface area contributed by atoms with Gasteiger partial charge >= 0.3 is 0 Å². The van der Waals surface area contributed by atoms with Crippen LogP contribution in [0.4, 0.5) is 17.8 Å². The van der Waals surface area contributed by atoms with E-state index in [1.165, 1.54) is 12.8 Å². The van der Waals surface area contributed by atoms with E-state index in [1.54, 1.807) is 0 Å². The fourth-order valence-corrected chi connectivity index (χ4v) is 2.10. The van der Waals surface area contributed by atoms with Crippen LogP contribution in [0, 0.1) is 0 Å². The average Bonchev–Trinajstić information content (AvgIpc) is 2.96. The highest BCUT2D eigenvalue weighted by molar-refractivity contribution is 5.42. The van der Waals surface area contributed by atoms with Gasteiger partial charge in [-0.15, -0.1) is 0 Å². The lowest BCUT2D eigenvalue weighted by molar-refractivity contribution is 0.141. The maximum atomic E-state index is 5.74. The zero-order valence-corrected chi connectivity index (χ0v) is 12.1. The van der Waals surface area contributed by atoms with Crippen LogP contribution in [0.15, 0.2) is 0 Å². The van der Waals surface area contributed by atoms with Crippen LogP contribution < -0.4 is 16.0 Å². The first-order valence-electron chi connectivity index (χ1n) is 7.37. The molecule has 1 saturated heterocycles. The minimum Gasteiger partial charge on any atom is -0.380 e. The van der Waals surface area contributed by atoms with Crippen molar-refractivity contribution in [1.82, 2.24) is 15.0 Å². The first kappa shape index (κ1) is 14.8. The van der Waals surface area contributed by atoms with Crippen LogP contribution >= 0.6 is 0 Å². The zero-order valence-electron chi connectivity index (χ0n) is 12.1. The average molecular weight is 280 g/mol. The molecule has 7 nitrogen and oxygen atoms in total. The van der Waals surface area contributed by atoms with Crippen molar-refractivity contribution in [3.05, 3.63) is 0 Å². The van der Waals surface area contributed by atoms with E-state index in [0.717, 1.165) is 32.5 Å². The Morgan fingerprint density at radius 2 is 2.00 bits per heavy atom. The monoisotopic (exact) mass is 280 g/mol. The topological polar surface area (TPSA) is 89.2 Å². The van der Waals surface area contributed by atoms with Gasteiger partial charge < -0.3 is 20.7 Å². The summed E-state index contributed by atoms with van der Waals surface area (Å²) in [6, 6.07) is 0. The molecule has 2 heterocycles. The number of nitrogens with zero attached hydrogens (tertiary/aromatic N) is 4. The Bertz CT molecular complexity index is 408. The molecule has 1 aromatic rings. The Morgan fingerprint density at radius 1 is 1.20 bits per heavy atom. The number of nitrogen functional groups attached to an aromatic ring is 1. The highest BCUT2D eigenvalue weighted by Crippen LogP contribution is 2.17. The summed E-state index contributed by atoms with van der Waals surface area (Å²) in [5.41, 5.74) is 5.74. The van der Waals surface area contributed by atoms with E-state index in [1.807, 2.05) is 0 Å². The molecule has 1 fully saturated rings. The lowest BCUT2D eigenvalue weighted by Gasteiger charge is -2.16. The largest absolute Gasteiger partial charge is 0.380 e. The molecule has 0 amide bonds. The van der Waals surface area contributed by atoms with Crippen LogP contribution in [-0.2, 0) is 4.74 Å². The summed E-state index contributed by atoms with van der Waals surface area (Å²) in [6.07, 6.45) is 4.60. The highest BCUT2D eigenvalue weighted by atomic mass is 16.5. The van der Waals surface area contributed by atoms with Gasteiger partial charge in [0, 0.05) is 26.2 Å². The van der Waals surface area contributed by atoms with Gasteiger partial charge in [0.05, 0.1) is 6.61 Å². The highest BCUT2D eigenvalue weighted by Gasteiger charge is 2.16. The fraction of sp³-hybridized carbons (Fsp3) is 0.769. The van der Waals surface area contributed by atoms with Crippen molar-refractivity contribution in [2.75, 3.05) is 48.8 Å². The molecule has 0 aromatic carbocycles. The molecule has 0 radical (unpaired) electrons. The smallest absolute Gasteiger partial charge is 0.231 e. The Hall–Kier alpha value is -1.63. The lowest BCUT2D eigenvalue weighted by Crippen LogP contribution is -2.22. The third-order valence-corrected chi connectivity index (χ3v) is 3.20. The number of nitrogens with two attached hydrogens (primary N) is 1. The Morgan fingerprint density at radius 3 is 2.75 bits per heavy atom. The summed E-state index contributed by atoms with van der Waals surface area (Å²) >= 11 is 0. The number of ether oxygens (including phenoxy) is 1. The summed E-state index contributed by atoms with van der Waals surface area (Å²) in [5, 5.41) is 3.13. The summed E-state index contributed by atoms with van der Waals surface area (Å²) in [6.45, 7) is 6.24. The van der Waals surface area contributed by atoms with Gasteiger partial charge in [0.2, 0.25) is 17.8 Å². The van der Waals surface area contributed by atoms with Gasteiger partial charge in [-0.2, -0.15) is 15.0 Å². The minimum absolute atomic E-state index is 0.260. The maximum Gasteiger partial charge on any atom is 0.231 e. The first-order valence-corrected chi connectivity index (χ1v) is 7.37. The zero-order chi connectivity index (χ0) is 14.2. The van der Waals surface area contributed by atoms with Gasteiger partial charge in [-0.3, -0.25) is 0 Å². The van der Waals surface area contributed by atoms with Gasteiger partial charge in [0.1, 0.15) is 0 Å². The van der Waals surface area contributed by atoms with E-state index in [0.29, 0.717) is 25.0 Å². The van der Waals surface area contributed by atoms with Gasteiger partial charge in [0.15, 0.2) is 0 Å². The fourth-order valence-electron chi connectivity index (χ4n) is 2.10. The van der Waals surface area contributed by atoms with E-state index in [4.69, 9.17) is 10.5 Å². The molecule has 2 rings (SSSR count). The van der Waals surface area contributed by atoms with Crippen LogP contribution in [0.2, 0.25) is 0 Å². The van der Waals surface area contributed by atoms with Crippen molar-refractivity contribution in [1.29, 1.82) is 0 Å². The number of unbranched alkanes of at least 4 members (excludes halogenated alkanes) is 1. The van der Waals surface area contributed by atoms with Crippen LogP contribution in [-0.4, -0.2) is 47.8 Å². The lowest BCUT2D eigenvalue weighted by atomic mass is 10.4. The third-order valence-electron chi connectivity index (χ3n) is 3.20. The normalized spacial score (nSPS) is 14.8. The molecular formula is C13H24N6O. The van der Waals surface area contributed by atoms with Crippen LogP contribution in [0.25, 0.3) is 0 Å². The quantitative estimate of drug-likeness (QED) is 0.693. The molecule has 3 N–H and O–H groups in total. The second kappa shape index (κ2) is 7.84. The number of hydrogen-bond acceptors (Lipinski definition) is 7. The van der Waals surface area contributed by atoms with E-state index < -0.39 is 0 Å². The van der Waals surface area contributed by atoms with Gasteiger partial charge in [0.25, 0.3) is 0 Å². The molecule has 0 atom stereocenters. The van der Waals surface area contributed by atoms with Crippen molar-refractivity contribution in [3.63, 3.8) is 0 Å². The molecule has 0 unspecified atom stereocenters. The number of nitrogens with one attached hydrogen (secondary N) is 1. The Kier molecular flexibility index (Phi) is 5.79. The van der Waals surface area contributed by atoms with Gasteiger partial charge in [-0.25, -0.2) is 0 Å². The van der Waals surface area contributed by atoms with E-state index in [-0.39, 0.29) is 5.95 Å². The summed E-state index contributed by atoms with van der Waals surface area (Å²) in [5.74, 6) is 1.46. The van der Waals surface area contributed by atoms with E-state index in [9.17, 15) is 0 Å². The second-order valence-electron chi connectivity index (χ2n) is 4.90. The van der Waals surface area contributed by atoms with Gasteiger partial charge in [-0.1, -0.05) is 13.3 Å². The molecule has 1 aliphatic rings. The Balaban J connectivity index is 1.81. The summed E-state index contributed by atoms with van der Waals surface area (Å²) < 4.78 is 5.48. The SMILES string of the molecule is CCCCOCCNc1nc(N)nc(N2CCCC2)n1. The summed E-state index contributed by atoms with van der Waals surface area (Å²) in [4.78, 5) is 14.8. The number of anilines is 3. The number of rotatable bonds is 8. The third kappa shape index (κ3) is 4.48. The van der Waals surface area contributed by atoms with Gasteiger partial charge in [-0.05, 0) is 19.3 Å². The van der Waals surface area contributed by atoms with E-state index in [2.05, 4.69) is 32.1 Å². The molecule has 0 spiro atoms. The summed E-state index contributed by atoms with van der Waals surface area (Å²) in [7, 11) is 0. The number of aromatic nitrogens is 3. The van der Waals surface area contributed by atoms with Crippen LogP contribution in [0.1, 0.15) is 32.6 Å². The molecular weight excluding hydrogens is 256 g/mol. The van der Waals surface area contributed by atoms with Crippen molar-refractivity contribution >= 4 is 17.8 Å². The predicted octanol–water partition coefficient (Wildman–Crippen LogP) is 1.28. The van der Waals surface area contributed by atoms with Crippen LogP contribution in [0.5, 0.6) is 0 Å². The van der Waals surface area contributed by atoms with Crippen molar-refractivity contribution in [3.8, 4) is 0 Å². The van der Waals surface area contributed by atoms with Crippen molar-refractivity contribution in [2.45, 2.75) is 32.6 Å². The maximum absolute atomic E-state index is 5.74. The molecule has 1 aromatic heterocycles. The Labute approximate surface area is 119 Å². The molecule has 0 bridgehead atoms. The molecule has 112 valence electrons. The number of hydrogen-bond donors (Lipinski definition) is 2. The standard InChI is InChI=1S/C13H24N6O/c1-2-3-9-20-10-6-15-12-16-11(14)17-13(18-12)19-7-4-5-8-19/h2-10H2,1H3,(H3,14,15,16,17,18). The molecule has 0 saturated carbocycles. The molecule has 20 heavy (non-hydrogen) atoms. The van der Waals surface area contributed by atoms with Crippen molar-refractivity contribution in [2.24, 2.45) is 0 Å². The van der Waals surface area contributed by atoms with Crippen molar-refractivity contribution < 1.29 is 4.74 Å². The van der Waals surface area contributed by atoms with E-state index >= 15 is 0 Å². The first-order chi connectivity index (χ1) is 9.79. The molecule has 7 heteroatoms. The minimum atomic E-state index is 0.260. The second-order valence-corrected chi connectivity index (χ2v) is 4.90. The predicted molar refractivity (Wildman–Crippen MR) is 79.9 cm³/mol.